The smallest absolute Gasteiger partial charge is 0.243 e. The van der Waals surface area contributed by atoms with Gasteiger partial charge in [0.1, 0.15) is 6.54 Å². The molecule has 2 rings (SSSR count). The van der Waals surface area contributed by atoms with E-state index >= 15 is 0 Å². The fourth-order valence-electron chi connectivity index (χ4n) is 2.94. The molecule has 0 saturated carbocycles. The summed E-state index contributed by atoms with van der Waals surface area (Å²) in [6.07, 6.45) is 7.84. The standard InChI is InChI=1S/C18H32N6O/c1-6-15(3)21-18(20-11-17(25)22(4)5)23-9-7-14(2)16(12-23)24-10-8-19-13-24/h8,10,13-16H,6-7,9,11-12H2,1-5H3,(H,20,21). The SMILES string of the molecule is CCC(C)NC(=NCC(=O)N(C)C)N1CCC(C)C(n2ccnc2)C1. The highest BCUT2D eigenvalue weighted by Gasteiger charge is 2.29. The van der Waals surface area contributed by atoms with E-state index in [2.05, 4.69) is 45.5 Å². The zero-order chi connectivity index (χ0) is 18.4. The molecule has 1 fully saturated rings. The first-order valence-electron chi connectivity index (χ1n) is 9.15. The summed E-state index contributed by atoms with van der Waals surface area (Å²) < 4.78 is 2.18. The number of nitrogens with one attached hydrogen (secondary N) is 1. The first-order valence-corrected chi connectivity index (χ1v) is 9.15. The maximum atomic E-state index is 11.9. The van der Waals surface area contributed by atoms with Gasteiger partial charge in [0.15, 0.2) is 5.96 Å². The summed E-state index contributed by atoms with van der Waals surface area (Å²) in [5.74, 6) is 1.43. The molecular formula is C18H32N6O. The molecule has 1 N–H and O–H groups in total. The lowest BCUT2D eigenvalue weighted by Crippen LogP contribution is -2.51. The van der Waals surface area contributed by atoms with Crippen LogP contribution >= 0.6 is 0 Å². The van der Waals surface area contributed by atoms with E-state index in [0.717, 1.165) is 31.9 Å². The normalized spacial score (nSPS) is 22.6. The highest BCUT2D eigenvalue weighted by molar-refractivity contribution is 5.85. The Morgan fingerprint density at radius 2 is 2.24 bits per heavy atom. The van der Waals surface area contributed by atoms with Crippen LogP contribution in [0.5, 0.6) is 0 Å². The van der Waals surface area contributed by atoms with Gasteiger partial charge in [-0.3, -0.25) is 4.79 Å². The van der Waals surface area contributed by atoms with Crippen molar-refractivity contribution in [3.63, 3.8) is 0 Å². The minimum atomic E-state index is 0.0139. The predicted molar refractivity (Wildman–Crippen MR) is 101 cm³/mol. The van der Waals surface area contributed by atoms with Crippen molar-refractivity contribution >= 4 is 11.9 Å². The van der Waals surface area contributed by atoms with Gasteiger partial charge in [0.05, 0.1) is 12.4 Å². The molecule has 3 unspecified atom stereocenters. The fraction of sp³-hybridized carbons (Fsp3) is 0.722. The third-order valence-electron chi connectivity index (χ3n) is 4.98. The summed E-state index contributed by atoms with van der Waals surface area (Å²) in [4.78, 5) is 24.6. The number of amides is 1. The molecule has 0 bridgehead atoms. The van der Waals surface area contributed by atoms with Gasteiger partial charge in [0.25, 0.3) is 0 Å². The van der Waals surface area contributed by atoms with Crippen LogP contribution in [0.25, 0.3) is 0 Å². The van der Waals surface area contributed by atoms with E-state index in [1.54, 1.807) is 19.0 Å². The van der Waals surface area contributed by atoms with Crippen LogP contribution in [0.3, 0.4) is 0 Å². The van der Waals surface area contributed by atoms with E-state index in [1.807, 2.05) is 18.7 Å². The predicted octanol–water partition coefficient (Wildman–Crippen LogP) is 1.60. The van der Waals surface area contributed by atoms with E-state index < -0.39 is 0 Å². The van der Waals surface area contributed by atoms with Crippen LogP contribution < -0.4 is 5.32 Å². The van der Waals surface area contributed by atoms with Gasteiger partial charge in [0.2, 0.25) is 5.91 Å². The second-order valence-electron chi connectivity index (χ2n) is 7.17. The van der Waals surface area contributed by atoms with Gasteiger partial charge in [-0.2, -0.15) is 0 Å². The van der Waals surface area contributed by atoms with Crippen molar-refractivity contribution in [1.82, 2.24) is 24.7 Å². The van der Waals surface area contributed by atoms with Crippen molar-refractivity contribution in [2.24, 2.45) is 10.9 Å². The van der Waals surface area contributed by atoms with Crippen LogP contribution in [0.15, 0.2) is 23.7 Å². The summed E-state index contributed by atoms with van der Waals surface area (Å²) in [5.41, 5.74) is 0. The van der Waals surface area contributed by atoms with Crippen LogP contribution in [0.1, 0.15) is 39.7 Å². The number of rotatable bonds is 5. The number of hydrogen-bond donors (Lipinski definition) is 1. The summed E-state index contributed by atoms with van der Waals surface area (Å²) in [6.45, 7) is 8.57. The zero-order valence-electron chi connectivity index (χ0n) is 16.1. The Labute approximate surface area is 151 Å². The summed E-state index contributed by atoms with van der Waals surface area (Å²) >= 11 is 0. The molecule has 1 aliphatic rings. The second-order valence-corrected chi connectivity index (χ2v) is 7.17. The summed E-state index contributed by atoms with van der Waals surface area (Å²) in [7, 11) is 3.52. The van der Waals surface area contributed by atoms with Gasteiger partial charge >= 0.3 is 0 Å². The van der Waals surface area contributed by atoms with Crippen molar-refractivity contribution < 1.29 is 4.79 Å². The molecule has 1 aromatic heterocycles. The monoisotopic (exact) mass is 348 g/mol. The number of aromatic nitrogens is 2. The number of guanidine groups is 1. The van der Waals surface area contributed by atoms with Crippen LogP contribution in [0.4, 0.5) is 0 Å². The second kappa shape index (κ2) is 8.87. The first-order chi connectivity index (χ1) is 11.9. The largest absolute Gasteiger partial charge is 0.354 e. The fourth-order valence-corrected chi connectivity index (χ4v) is 2.94. The number of hydrogen-bond acceptors (Lipinski definition) is 3. The van der Waals surface area contributed by atoms with Crippen LogP contribution in [0, 0.1) is 5.92 Å². The Hall–Kier alpha value is -2.05. The molecular weight excluding hydrogens is 316 g/mol. The molecule has 0 radical (unpaired) electrons. The molecule has 7 heteroatoms. The van der Waals surface area contributed by atoms with E-state index in [-0.39, 0.29) is 12.5 Å². The molecule has 25 heavy (non-hydrogen) atoms. The van der Waals surface area contributed by atoms with Crippen molar-refractivity contribution in [2.45, 2.75) is 45.7 Å². The van der Waals surface area contributed by atoms with Gasteiger partial charge in [-0.25, -0.2) is 9.98 Å². The molecule has 1 amide bonds. The molecule has 0 aliphatic carbocycles. The van der Waals surface area contributed by atoms with E-state index in [4.69, 9.17) is 0 Å². The number of carbonyl (C=O) groups is 1. The topological polar surface area (TPSA) is 65.8 Å². The average Bonchev–Trinajstić information content (AvgIpc) is 3.12. The number of nitrogens with zero attached hydrogens (tertiary/aromatic N) is 5. The minimum Gasteiger partial charge on any atom is -0.354 e. The summed E-state index contributed by atoms with van der Waals surface area (Å²) in [5, 5.41) is 3.49. The Morgan fingerprint density at radius 3 is 2.84 bits per heavy atom. The van der Waals surface area contributed by atoms with E-state index in [1.165, 1.54) is 0 Å². The molecule has 1 aliphatic heterocycles. The molecule has 1 aromatic rings. The quantitative estimate of drug-likeness (QED) is 0.648. The third kappa shape index (κ3) is 5.21. The Balaban J connectivity index is 2.14. The molecule has 7 nitrogen and oxygen atoms in total. The van der Waals surface area contributed by atoms with Crippen LogP contribution in [0.2, 0.25) is 0 Å². The van der Waals surface area contributed by atoms with E-state index in [0.29, 0.717) is 18.0 Å². The van der Waals surface area contributed by atoms with E-state index in [9.17, 15) is 4.79 Å². The lowest BCUT2D eigenvalue weighted by atomic mass is 9.93. The van der Waals surface area contributed by atoms with Gasteiger partial charge in [-0.15, -0.1) is 0 Å². The van der Waals surface area contributed by atoms with Crippen molar-refractivity contribution in [2.75, 3.05) is 33.7 Å². The average molecular weight is 348 g/mol. The van der Waals surface area contributed by atoms with Gasteiger partial charge in [-0.05, 0) is 25.7 Å². The van der Waals surface area contributed by atoms with Gasteiger partial charge in [-0.1, -0.05) is 13.8 Å². The first kappa shape index (κ1) is 19.3. The van der Waals surface area contributed by atoms with Crippen LogP contribution in [-0.2, 0) is 4.79 Å². The number of likely N-dealkylation sites (tertiary alicyclic amines) is 1. The third-order valence-corrected chi connectivity index (χ3v) is 4.98. The molecule has 140 valence electrons. The molecule has 1 saturated heterocycles. The Morgan fingerprint density at radius 1 is 1.48 bits per heavy atom. The number of aliphatic imine (C=N–C) groups is 1. The minimum absolute atomic E-state index is 0.0139. The maximum Gasteiger partial charge on any atom is 0.243 e. The molecule has 3 atom stereocenters. The lowest BCUT2D eigenvalue weighted by molar-refractivity contribution is -0.127. The summed E-state index contributed by atoms with van der Waals surface area (Å²) in [6, 6.07) is 0.684. The van der Waals surface area contributed by atoms with Gasteiger partial charge in [0, 0.05) is 45.6 Å². The molecule has 0 aromatic carbocycles. The molecule has 0 spiro atoms. The van der Waals surface area contributed by atoms with Crippen molar-refractivity contribution in [3.8, 4) is 0 Å². The number of likely N-dealkylation sites (N-methyl/N-ethyl adjacent to an activating group) is 1. The van der Waals surface area contributed by atoms with Crippen molar-refractivity contribution in [1.29, 1.82) is 0 Å². The molecule has 2 heterocycles. The lowest BCUT2D eigenvalue weighted by Gasteiger charge is -2.40. The van der Waals surface area contributed by atoms with Gasteiger partial charge < -0.3 is 19.7 Å². The Bertz CT molecular complexity index is 568. The maximum absolute atomic E-state index is 11.9. The Kier molecular flexibility index (Phi) is 6.84. The zero-order valence-corrected chi connectivity index (χ0v) is 16.1. The highest BCUT2D eigenvalue weighted by Crippen LogP contribution is 2.27. The number of imidazole rings is 1. The number of piperidine rings is 1. The van der Waals surface area contributed by atoms with Crippen molar-refractivity contribution in [3.05, 3.63) is 18.7 Å². The van der Waals surface area contributed by atoms with Crippen LogP contribution in [-0.4, -0.2) is 71.0 Å². The highest BCUT2D eigenvalue weighted by atomic mass is 16.2. The number of carbonyl (C=O) groups excluding carboxylic acids is 1.